The van der Waals surface area contributed by atoms with Crippen molar-refractivity contribution >= 4 is 24.2 Å². The molecule has 0 spiro atoms. The van der Waals surface area contributed by atoms with Crippen LogP contribution in [0.3, 0.4) is 0 Å². The van der Waals surface area contributed by atoms with Gasteiger partial charge < -0.3 is 9.16 Å². The van der Waals surface area contributed by atoms with Crippen molar-refractivity contribution in [2.45, 2.75) is 57.5 Å². The zero-order valence-electron chi connectivity index (χ0n) is 16.8. The van der Waals surface area contributed by atoms with Crippen molar-refractivity contribution in [3.63, 3.8) is 0 Å². The van der Waals surface area contributed by atoms with Crippen LogP contribution < -0.4 is 0 Å². The number of sulfone groups is 1. The maximum absolute atomic E-state index is 12.3. The van der Waals surface area contributed by atoms with E-state index in [0.29, 0.717) is 13.0 Å². The second kappa shape index (κ2) is 8.71. The van der Waals surface area contributed by atoms with E-state index in [1.165, 1.54) is 12.3 Å². The first-order chi connectivity index (χ1) is 11.8. The van der Waals surface area contributed by atoms with Gasteiger partial charge in [0, 0.05) is 12.8 Å². The topological polar surface area (TPSA) is 72.9 Å². The van der Waals surface area contributed by atoms with E-state index in [0.717, 1.165) is 0 Å². The molecule has 1 aliphatic heterocycles. The maximum atomic E-state index is 12.3. The number of rotatable bonds is 7. The van der Waals surface area contributed by atoms with E-state index in [2.05, 4.69) is 40.4 Å². The van der Waals surface area contributed by atoms with Gasteiger partial charge in [-0.15, -0.1) is 0 Å². The van der Waals surface area contributed by atoms with Crippen LogP contribution in [0, 0.1) is 0 Å². The van der Waals surface area contributed by atoms with E-state index in [9.17, 15) is 13.2 Å². The molecule has 1 rings (SSSR count). The molecular weight excluding hydrogens is 370 g/mol. The molecule has 0 radical (unpaired) electrons. The molecule has 6 nitrogen and oxygen atoms in total. The lowest BCUT2D eigenvalue weighted by Gasteiger charge is -2.38. The standard InChI is InChI=1S/C18H33NO5SSi/c1-8-11-23-17(20)19-14-16(24-26(6,7)18(2,3)4)13-15(19)10-9-12-25(5,21)22/h8-10,15-16H,1,11-14H2,2-7H3/t15-,16-/m1/s1. The van der Waals surface area contributed by atoms with Crippen LogP contribution in [0.15, 0.2) is 24.8 Å². The fraction of sp³-hybridized carbons (Fsp3) is 0.722. The van der Waals surface area contributed by atoms with Gasteiger partial charge in [-0.25, -0.2) is 13.2 Å². The van der Waals surface area contributed by atoms with E-state index in [4.69, 9.17) is 9.16 Å². The maximum Gasteiger partial charge on any atom is 0.410 e. The van der Waals surface area contributed by atoms with Crippen molar-refractivity contribution in [2.24, 2.45) is 0 Å². The first kappa shape index (κ1) is 22.9. The van der Waals surface area contributed by atoms with Gasteiger partial charge in [0.15, 0.2) is 18.2 Å². The summed E-state index contributed by atoms with van der Waals surface area (Å²) in [6.07, 6.45) is 6.20. The zero-order chi connectivity index (χ0) is 20.2. The zero-order valence-corrected chi connectivity index (χ0v) is 18.6. The fourth-order valence-electron chi connectivity index (χ4n) is 2.50. The molecule has 1 fully saturated rings. The van der Waals surface area contributed by atoms with Crippen LogP contribution in [0.25, 0.3) is 0 Å². The SMILES string of the molecule is C=CCOC(=O)N1C[C@H](O[Si](C)(C)C(C)(C)C)C[C@H]1C=CCS(C)(=O)=O. The third kappa shape index (κ3) is 6.89. The summed E-state index contributed by atoms with van der Waals surface area (Å²) in [7, 11) is -5.05. The number of hydrogen-bond acceptors (Lipinski definition) is 5. The Hall–Kier alpha value is -1.12. The van der Waals surface area contributed by atoms with Crippen LogP contribution >= 0.6 is 0 Å². The Kier molecular flexibility index (Phi) is 7.68. The molecule has 0 bridgehead atoms. The second-order valence-corrected chi connectivity index (χ2v) is 15.3. The highest BCUT2D eigenvalue weighted by Crippen LogP contribution is 2.39. The summed E-state index contributed by atoms with van der Waals surface area (Å²) >= 11 is 0. The smallest absolute Gasteiger partial charge is 0.410 e. The highest BCUT2D eigenvalue weighted by molar-refractivity contribution is 7.90. The Balaban J connectivity index is 2.90. The van der Waals surface area contributed by atoms with Gasteiger partial charge in [-0.1, -0.05) is 45.6 Å². The number of hydrogen-bond donors (Lipinski definition) is 0. The summed E-state index contributed by atoms with van der Waals surface area (Å²) in [5, 5.41) is 0.0748. The lowest BCUT2D eigenvalue weighted by atomic mass is 10.2. The molecular formula is C18H33NO5SSi. The molecule has 1 saturated heterocycles. The molecule has 0 aliphatic carbocycles. The Morgan fingerprint density at radius 3 is 2.46 bits per heavy atom. The molecule has 8 heteroatoms. The molecule has 0 aromatic carbocycles. The monoisotopic (exact) mass is 403 g/mol. The van der Waals surface area contributed by atoms with Gasteiger partial charge in [0.05, 0.1) is 17.9 Å². The van der Waals surface area contributed by atoms with Crippen LogP contribution in [-0.2, 0) is 19.0 Å². The van der Waals surface area contributed by atoms with E-state index in [1.807, 2.05) is 0 Å². The molecule has 1 aliphatic rings. The Bertz CT molecular complexity index is 636. The van der Waals surface area contributed by atoms with E-state index >= 15 is 0 Å². The van der Waals surface area contributed by atoms with Gasteiger partial charge in [0.25, 0.3) is 0 Å². The number of ether oxygens (including phenoxy) is 1. The number of nitrogens with zero attached hydrogens (tertiary/aromatic N) is 1. The van der Waals surface area contributed by atoms with E-state index in [-0.39, 0.29) is 29.5 Å². The normalized spacial score (nSPS) is 22.0. The predicted octanol–water partition coefficient (Wildman–Crippen LogP) is 3.37. The van der Waals surface area contributed by atoms with Gasteiger partial charge in [-0.05, 0) is 24.6 Å². The Morgan fingerprint density at radius 2 is 1.96 bits per heavy atom. The van der Waals surface area contributed by atoms with Crippen LogP contribution in [-0.4, -0.2) is 65.0 Å². The first-order valence-corrected chi connectivity index (χ1v) is 13.8. The van der Waals surface area contributed by atoms with Crippen LogP contribution in [0.1, 0.15) is 27.2 Å². The first-order valence-electron chi connectivity index (χ1n) is 8.83. The van der Waals surface area contributed by atoms with E-state index in [1.54, 1.807) is 17.1 Å². The summed E-state index contributed by atoms with van der Waals surface area (Å²) in [6.45, 7) is 15.0. The Labute approximate surface area is 159 Å². The summed E-state index contributed by atoms with van der Waals surface area (Å²) in [4.78, 5) is 14.0. The third-order valence-electron chi connectivity index (χ3n) is 4.89. The molecule has 2 atom stereocenters. The Morgan fingerprint density at radius 1 is 1.35 bits per heavy atom. The second-order valence-electron chi connectivity index (χ2n) is 8.34. The molecule has 0 unspecified atom stereocenters. The minimum absolute atomic E-state index is 0.0488. The van der Waals surface area contributed by atoms with Crippen molar-refractivity contribution in [2.75, 3.05) is 25.2 Å². The van der Waals surface area contributed by atoms with Gasteiger partial charge in [0.2, 0.25) is 0 Å². The predicted molar refractivity (Wildman–Crippen MR) is 108 cm³/mol. The third-order valence-corrected chi connectivity index (χ3v) is 10.2. The highest BCUT2D eigenvalue weighted by atomic mass is 32.2. The molecule has 0 saturated carbocycles. The number of carbonyl (C=O) groups is 1. The number of carbonyl (C=O) groups excluding carboxylic acids is 1. The number of likely N-dealkylation sites (tertiary alicyclic amines) is 1. The van der Waals surface area contributed by atoms with Gasteiger partial charge in [0.1, 0.15) is 6.61 Å². The van der Waals surface area contributed by atoms with Gasteiger partial charge in [-0.2, -0.15) is 0 Å². The van der Waals surface area contributed by atoms with E-state index < -0.39 is 24.2 Å². The molecule has 150 valence electrons. The molecule has 1 amide bonds. The van der Waals surface area contributed by atoms with Crippen molar-refractivity contribution in [3.8, 4) is 0 Å². The quantitative estimate of drug-likeness (QED) is 0.481. The van der Waals surface area contributed by atoms with Gasteiger partial charge in [-0.3, -0.25) is 4.90 Å². The minimum Gasteiger partial charge on any atom is -0.445 e. The van der Waals surface area contributed by atoms with Gasteiger partial charge >= 0.3 is 6.09 Å². The van der Waals surface area contributed by atoms with Crippen molar-refractivity contribution in [1.29, 1.82) is 0 Å². The lowest BCUT2D eigenvalue weighted by molar-refractivity contribution is 0.108. The number of amides is 1. The summed E-state index contributed by atoms with van der Waals surface area (Å²) in [5.74, 6) is -0.0488. The summed E-state index contributed by atoms with van der Waals surface area (Å²) in [6, 6.07) is -0.233. The molecule has 0 aromatic rings. The van der Waals surface area contributed by atoms with Crippen LogP contribution in [0.4, 0.5) is 4.79 Å². The highest BCUT2D eigenvalue weighted by Gasteiger charge is 2.43. The molecule has 26 heavy (non-hydrogen) atoms. The average molecular weight is 404 g/mol. The van der Waals surface area contributed by atoms with Crippen molar-refractivity contribution in [3.05, 3.63) is 24.8 Å². The van der Waals surface area contributed by atoms with Crippen LogP contribution in [0.5, 0.6) is 0 Å². The van der Waals surface area contributed by atoms with Crippen molar-refractivity contribution < 1.29 is 22.4 Å². The largest absolute Gasteiger partial charge is 0.445 e. The molecule has 1 heterocycles. The molecule has 0 N–H and O–H groups in total. The van der Waals surface area contributed by atoms with Crippen LogP contribution in [0.2, 0.25) is 18.1 Å². The lowest BCUT2D eigenvalue weighted by Crippen LogP contribution is -2.44. The molecule has 0 aromatic heterocycles. The minimum atomic E-state index is -3.09. The summed E-state index contributed by atoms with van der Waals surface area (Å²) < 4.78 is 34.3. The summed E-state index contributed by atoms with van der Waals surface area (Å²) in [5.41, 5.74) is 0. The van der Waals surface area contributed by atoms with Crippen molar-refractivity contribution in [1.82, 2.24) is 4.90 Å². The fourth-order valence-corrected chi connectivity index (χ4v) is 4.32. The average Bonchev–Trinajstić information content (AvgIpc) is 2.84.